The molecule has 2 aliphatic rings. The van der Waals surface area contributed by atoms with E-state index in [4.69, 9.17) is 9.47 Å². The number of carbonyl (C=O) groups is 1. The Labute approximate surface area is 107 Å². The normalized spacial score (nSPS) is 21.6. The molecule has 1 atom stereocenters. The first-order chi connectivity index (χ1) is 8.71. The van der Waals surface area contributed by atoms with Gasteiger partial charge in [0.25, 0.3) is 0 Å². The summed E-state index contributed by atoms with van der Waals surface area (Å²) in [6.45, 7) is 6.00. The average molecular weight is 247 g/mol. The van der Waals surface area contributed by atoms with Crippen LogP contribution in [-0.2, 0) is 14.3 Å². The Bertz CT molecular complexity index is 460. The summed E-state index contributed by atoms with van der Waals surface area (Å²) in [5.41, 5.74) is 1.57. The Morgan fingerprint density at radius 2 is 2.39 bits per heavy atom. The van der Waals surface area contributed by atoms with E-state index in [1.54, 1.807) is 14.0 Å². The molecule has 0 aromatic heterocycles. The van der Waals surface area contributed by atoms with Crippen LogP contribution in [0.25, 0.3) is 0 Å². The van der Waals surface area contributed by atoms with Gasteiger partial charge in [-0.2, -0.15) is 0 Å². The van der Waals surface area contributed by atoms with Crippen LogP contribution in [0.5, 0.6) is 0 Å². The van der Waals surface area contributed by atoms with E-state index >= 15 is 0 Å². The van der Waals surface area contributed by atoms with Crippen LogP contribution in [0.4, 0.5) is 0 Å². The third kappa shape index (κ3) is 2.06. The van der Waals surface area contributed by atoms with Crippen molar-refractivity contribution in [2.24, 2.45) is 0 Å². The summed E-state index contributed by atoms with van der Waals surface area (Å²) in [4.78, 5) is 13.9. The molecule has 0 saturated heterocycles. The quantitative estimate of drug-likeness (QED) is 0.563. The number of hydrogen-bond acceptors (Lipinski definition) is 4. The molecule has 18 heavy (non-hydrogen) atoms. The summed E-state index contributed by atoms with van der Waals surface area (Å²) >= 11 is 0. The van der Waals surface area contributed by atoms with E-state index in [1.807, 2.05) is 29.3 Å². The first-order valence-electron chi connectivity index (χ1n) is 5.96. The number of carbonyl (C=O) groups excluding carboxylic acids is 1. The van der Waals surface area contributed by atoms with E-state index in [2.05, 4.69) is 6.58 Å². The molecule has 0 fully saturated rings. The molecule has 0 N–H and O–H groups in total. The van der Waals surface area contributed by atoms with E-state index < -0.39 is 0 Å². The highest BCUT2D eigenvalue weighted by molar-refractivity contribution is 5.91. The second-order valence-corrected chi connectivity index (χ2v) is 4.07. The molecule has 0 bridgehead atoms. The maximum Gasteiger partial charge on any atom is 0.336 e. The lowest BCUT2D eigenvalue weighted by Crippen LogP contribution is -2.24. The molecule has 96 valence electrons. The van der Waals surface area contributed by atoms with Crippen LogP contribution in [0, 0.1) is 0 Å². The summed E-state index contributed by atoms with van der Waals surface area (Å²) in [5, 5.41) is 0. The van der Waals surface area contributed by atoms with Gasteiger partial charge >= 0.3 is 5.97 Å². The second-order valence-electron chi connectivity index (χ2n) is 4.07. The minimum atomic E-state index is -0.249. The molecule has 0 aliphatic carbocycles. The van der Waals surface area contributed by atoms with Crippen molar-refractivity contribution < 1.29 is 14.3 Å². The smallest absolute Gasteiger partial charge is 0.336 e. The van der Waals surface area contributed by atoms with Crippen LogP contribution in [0.1, 0.15) is 13.3 Å². The van der Waals surface area contributed by atoms with E-state index in [9.17, 15) is 4.79 Å². The van der Waals surface area contributed by atoms with Crippen LogP contribution in [-0.4, -0.2) is 30.6 Å². The Hall–Kier alpha value is -1.97. The fraction of sp³-hybridized carbons (Fsp3) is 0.357. The van der Waals surface area contributed by atoms with Crippen LogP contribution in [0.3, 0.4) is 0 Å². The number of allylic oxidation sites excluding steroid dienone is 2. The van der Waals surface area contributed by atoms with Gasteiger partial charge in [-0.1, -0.05) is 6.08 Å². The number of rotatable bonds is 4. The molecule has 0 unspecified atom stereocenters. The molecule has 0 saturated carbocycles. The summed E-state index contributed by atoms with van der Waals surface area (Å²) in [7, 11) is 1.62. The molecule has 0 spiro atoms. The SMILES string of the molecule is C=C[C@H]1CC(C(=O)OCC)=C2C=CC(OC)=CN21. The Morgan fingerprint density at radius 3 is 3.00 bits per heavy atom. The van der Waals surface area contributed by atoms with Crippen molar-refractivity contribution >= 4 is 5.97 Å². The van der Waals surface area contributed by atoms with Crippen molar-refractivity contribution in [1.82, 2.24) is 4.90 Å². The summed E-state index contributed by atoms with van der Waals surface area (Å²) in [6, 6.07) is 0.0782. The van der Waals surface area contributed by atoms with E-state index in [-0.39, 0.29) is 12.0 Å². The molecule has 0 radical (unpaired) electrons. The van der Waals surface area contributed by atoms with Gasteiger partial charge in [0, 0.05) is 12.6 Å². The maximum absolute atomic E-state index is 11.9. The highest BCUT2D eigenvalue weighted by Gasteiger charge is 2.33. The van der Waals surface area contributed by atoms with E-state index in [0.717, 1.165) is 11.5 Å². The third-order valence-electron chi connectivity index (χ3n) is 3.06. The molecule has 2 aliphatic heterocycles. The van der Waals surface area contributed by atoms with Gasteiger partial charge in [-0.15, -0.1) is 6.58 Å². The molecular weight excluding hydrogens is 230 g/mol. The zero-order chi connectivity index (χ0) is 13.1. The highest BCUT2D eigenvalue weighted by Crippen LogP contribution is 2.34. The number of fused-ring (bicyclic) bond motifs is 1. The third-order valence-corrected chi connectivity index (χ3v) is 3.06. The molecule has 0 amide bonds. The summed E-state index contributed by atoms with van der Waals surface area (Å²) < 4.78 is 10.3. The van der Waals surface area contributed by atoms with Gasteiger partial charge in [0.2, 0.25) is 0 Å². The second kappa shape index (κ2) is 5.12. The van der Waals surface area contributed by atoms with Crippen molar-refractivity contribution in [1.29, 1.82) is 0 Å². The predicted molar refractivity (Wildman–Crippen MR) is 68.3 cm³/mol. The minimum absolute atomic E-state index is 0.0782. The number of esters is 1. The molecule has 4 heteroatoms. The van der Waals surface area contributed by atoms with Crippen LogP contribution < -0.4 is 0 Å². The molecule has 4 nitrogen and oxygen atoms in total. The fourth-order valence-electron chi connectivity index (χ4n) is 2.16. The molecular formula is C14H17NO3. The van der Waals surface area contributed by atoms with Gasteiger partial charge in [0.15, 0.2) is 0 Å². The van der Waals surface area contributed by atoms with E-state index in [1.165, 1.54) is 0 Å². The Morgan fingerprint density at radius 1 is 1.61 bits per heavy atom. The van der Waals surface area contributed by atoms with Gasteiger partial charge in [0.1, 0.15) is 5.76 Å². The number of methoxy groups -OCH3 is 1. The number of ether oxygens (including phenoxy) is 2. The highest BCUT2D eigenvalue weighted by atomic mass is 16.5. The van der Waals surface area contributed by atoms with Crippen molar-refractivity contribution in [3.8, 4) is 0 Å². The van der Waals surface area contributed by atoms with E-state index in [0.29, 0.717) is 18.6 Å². The minimum Gasteiger partial charge on any atom is -0.495 e. The maximum atomic E-state index is 11.9. The molecule has 2 rings (SSSR count). The standard InChI is InChI=1S/C14H17NO3/c1-4-10-8-12(14(16)18-5-2)13-7-6-11(17-3)9-15(10)13/h4,6-7,9-10H,1,5,8H2,2-3H3/t10-/m0/s1. The van der Waals surface area contributed by atoms with Gasteiger partial charge in [-0.05, 0) is 19.1 Å². The summed E-state index contributed by atoms with van der Waals surface area (Å²) in [5.74, 6) is 0.511. The zero-order valence-electron chi connectivity index (χ0n) is 10.7. The lowest BCUT2D eigenvalue weighted by Gasteiger charge is -2.25. The average Bonchev–Trinajstić information content (AvgIpc) is 2.76. The van der Waals surface area contributed by atoms with Crippen LogP contribution >= 0.6 is 0 Å². The first-order valence-corrected chi connectivity index (χ1v) is 5.96. The first kappa shape index (κ1) is 12.5. The molecule has 0 aromatic carbocycles. The van der Waals surface area contributed by atoms with Gasteiger partial charge in [-0.25, -0.2) is 4.79 Å². The van der Waals surface area contributed by atoms with Crippen molar-refractivity contribution in [2.75, 3.05) is 13.7 Å². The predicted octanol–water partition coefficient (Wildman–Crippen LogP) is 2.12. The fourth-order valence-corrected chi connectivity index (χ4v) is 2.16. The Balaban J connectivity index is 2.33. The van der Waals surface area contributed by atoms with Gasteiger partial charge in [0.05, 0.1) is 31.0 Å². The lowest BCUT2D eigenvalue weighted by atomic mass is 10.1. The zero-order valence-corrected chi connectivity index (χ0v) is 10.7. The molecule has 0 aromatic rings. The monoisotopic (exact) mass is 247 g/mol. The van der Waals surface area contributed by atoms with Crippen molar-refractivity contribution in [3.05, 3.63) is 48.0 Å². The topological polar surface area (TPSA) is 38.8 Å². The lowest BCUT2D eigenvalue weighted by molar-refractivity contribution is -0.138. The van der Waals surface area contributed by atoms with Crippen molar-refractivity contribution in [2.45, 2.75) is 19.4 Å². The van der Waals surface area contributed by atoms with Crippen LogP contribution in [0.15, 0.2) is 48.0 Å². The molecule has 2 heterocycles. The van der Waals surface area contributed by atoms with Gasteiger partial charge < -0.3 is 14.4 Å². The van der Waals surface area contributed by atoms with Crippen LogP contribution in [0.2, 0.25) is 0 Å². The summed E-state index contributed by atoms with van der Waals surface area (Å²) in [6.07, 6.45) is 8.06. The number of hydrogen-bond donors (Lipinski definition) is 0. The van der Waals surface area contributed by atoms with Gasteiger partial charge in [-0.3, -0.25) is 0 Å². The Kier molecular flexibility index (Phi) is 3.55. The largest absolute Gasteiger partial charge is 0.495 e. The van der Waals surface area contributed by atoms with Crippen molar-refractivity contribution in [3.63, 3.8) is 0 Å². The number of nitrogens with zero attached hydrogens (tertiary/aromatic N) is 1.